The lowest BCUT2D eigenvalue weighted by Crippen LogP contribution is -2.00. The topological polar surface area (TPSA) is 18.5 Å². The molecule has 2 aromatic rings. The van der Waals surface area contributed by atoms with Gasteiger partial charge in [-0.25, -0.2) is 0 Å². The van der Waals surface area contributed by atoms with E-state index < -0.39 is 0 Å². The van der Waals surface area contributed by atoms with Crippen LogP contribution < -0.4 is 9.47 Å². The van der Waals surface area contributed by atoms with E-state index >= 15 is 0 Å². The first-order valence-corrected chi connectivity index (χ1v) is 7.97. The summed E-state index contributed by atoms with van der Waals surface area (Å²) >= 11 is 13.6. The van der Waals surface area contributed by atoms with Crippen molar-refractivity contribution in [3.05, 3.63) is 57.0 Å². The fourth-order valence-corrected chi connectivity index (χ4v) is 3.87. The minimum atomic E-state index is -0.0311. The van der Waals surface area contributed by atoms with Crippen molar-refractivity contribution in [1.82, 2.24) is 0 Å². The lowest BCUT2D eigenvalue weighted by molar-refractivity contribution is 0.392. The molecule has 20 heavy (non-hydrogen) atoms. The second-order valence-corrected chi connectivity index (χ2v) is 6.24. The van der Waals surface area contributed by atoms with Crippen LogP contribution in [0.25, 0.3) is 0 Å². The molecule has 0 heterocycles. The highest BCUT2D eigenvalue weighted by Gasteiger charge is 2.21. The number of hydrogen-bond donors (Lipinski definition) is 0. The minimum Gasteiger partial charge on any atom is -0.495 e. The highest BCUT2D eigenvalue weighted by molar-refractivity contribution is 9.11. The molecule has 106 valence electrons. The van der Waals surface area contributed by atoms with Crippen molar-refractivity contribution in [2.45, 2.75) is 4.83 Å². The predicted molar refractivity (Wildman–Crippen MR) is 89.5 cm³/mol. The SMILES string of the molecule is COc1ccc(C(Br)c2ccccc2Br)c(OC)c1Cl. The van der Waals surface area contributed by atoms with Crippen LogP contribution in [0.5, 0.6) is 11.5 Å². The van der Waals surface area contributed by atoms with Gasteiger partial charge in [0.2, 0.25) is 0 Å². The van der Waals surface area contributed by atoms with E-state index in [-0.39, 0.29) is 4.83 Å². The summed E-state index contributed by atoms with van der Waals surface area (Å²) in [4.78, 5) is -0.0311. The number of methoxy groups -OCH3 is 2. The third-order valence-electron chi connectivity index (χ3n) is 2.97. The van der Waals surface area contributed by atoms with Crippen molar-refractivity contribution < 1.29 is 9.47 Å². The zero-order valence-electron chi connectivity index (χ0n) is 11.0. The molecule has 2 rings (SSSR count). The first kappa shape index (κ1) is 15.7. The number of benzene rings is 2. The summed E-state index contributed by atoms with van der Waals surface area (Å²) in [5, 5.41) is 0.476. The summed E-state index contributed by atoms with van der Waals surface area (Å²) in [7, 11) is 3.18. The van der Waals surface area contributed by atoms with Crippen LogP contribution >= 0.6 is 43.5 Å². The fraction of sp³-hybridized carbons (Fsp3) is 0.200. The van der Waals surface area contributed by atoms with Gasteiger partial charge in [0.15, 0.2) is 0 Å². The standard InChI is InChI=1S/C15H13Br2ClO2/c1-19-12-8-7-10(15(20-2)14(12)18)13(17)9-5-3-4-6-11(9)16/h3-8,13H,1-2H3. The summed E-state index contributed by atoms with van der Waals surface area (Å²) in [6, 6.07) is 11.8. The molecule has 5 heteroatoms. The van der Waals surface area contributed by atoms with Gasteiger partial charge >= 0.3 is 0 Å². The summed E-state index contributed by atoms with van der Waals surface area (Å²) < 4.78 is 11.7. The number of ether oxygens (including phenoxy) is 2. The van der Waals surface area contributed by atoms with Crippen LogP contribution in [0.1, 0.15) is 16.0 Å². The number of alkyl halides is 1. The van der Waals surface area contributed by atoms with Gasteiger partial charge in [0.1, 0.15) is 16.5 Å². The van der Waals surface area contributed by atoms with Gasteiger partial charge < -0.3 is 9.47 Å². The predicted octanol–water partition coefficient (Wildman–Crippen LogP) is 5.60. The molecule has 0 aliphatic rings. The molecule has 0 amide bonds. The van der Waals surface area contributed by atoms with E-state index in [1.807, 2.05) is 36.4 Å². The molecular formula is C15H13Br2ClO2. The molecule has 0 bridgehead atoms. The summed E-state index contributed by atoms with van der Waals surface area (Å²) in [5.41, 5.74) is 2.05. The Bertz CT molecular complexity index is 617. The second-order valence-electron chi connectivity index (χ2n) is 4.09. The Labute approximate surface area is 140 Å². The van der Waals surface area contributed by atoms with Crippen molar-refractivity contribution in [3.8, 4) is 11.5 Å². The summed E-state index contributed by atoms with van der Waals surface area (Å²) in [6.45, 7) is 0. The maximum atomic E-state index is 6.30. The van der Waals surface area contributed by atoms with Crippen LogP contribution in [0.4, 0.5) is 0 Å². The molecule has 0 radical (unpaired) electrons. The van der Waals surface area contributed by atoms with Gasteiger partial charge in [0.05, 0.1) is 19.0 Å². The van der Waals surface area contributed by atoms with Crippen LogP contribution in [0.2, 0.25) is 5.02 Å². The lowest BCUT2D eigenvalue weighted by atomic mass is 10.0. The average Bonchev–Trinajstić information content (AvgIpc) is 2.46. The quantitative estimate of drug-likeness (QED) is 0.599. The first-order chi connectivity index (χ1) is 9.60. The van der Waals surface area contributed by atoms with Gasteiger partial charge in [-0.1, -0.05) is 67.7 Å². The number of hydrogen-bond acceptors (Lipinski definition) is 2. The second kappa shape index (κ2) is 6.83. The molecule has 2 nitrogen and oxygen atoms in total. The van der Waals surface area contributed by atoms with Gasteiger partial charge in [-0.15, -0.1) is 0 Å². The van der Waals surface area contributed by atoms with Crippen molar-refractivity contribution in [2.24, 2.45) is 0 Å². The van der Waals surface area contributed by atoms with Crippen LogP contribution in [-0.2, 0) is 0 Å². The van der Waals surface area contributed by atoms with Gasteiger partial charge in [-0.2, -0.15) is 0 Å². The van der Waals surface area contributed by atoms with Crippen molar-refractivity contribution in [1.29, 1.82) is 0 Å². The molecule has 0 saturated carbocycles. The van der Waals surface area contributed by atoms with Crippen LogP contribution in [0, 0.1) is 0 Å². The van der Waals surface area contributed by atoms with Crippen LogP contribution in [-0.4, -0.2) is 14.2 Å². The Morgan fingerprint density at radius 1 is 1.00 bits per heavy atom. The average molecular weight is 421 g/mol. The maximum absolute atomic E-state index is 6.30. The van der Waals surface area contributed by atoms with E-state index in [4.69, 9.17) is 21.1 Å². The third-order valence-corrected chi connectivity index (χ3v) is 5.03. The third kappa shape index (κ3) is 2.97. The van der Waals surface area contributed by atoms with Gasteiger partial charge in [0.25, 0.3) is 0 Å². The van der Waals surface area contributed by atoms with Gasteiger partial charge in [-0.05, 0) is 17.7 Å². The van der Waals surface area contributed by atoms with Crippen molar-refractivity contribution in [2.75, 3.05) is 14.2 Å². The molecule has 0 fully saturated rings. The smallest absolute Gasteiger partial charge is 0.145 e. The summed E-state index contributed by atoms with van der Waals surface area (Å²) in [5.74, 6) is 1.21. The highest BCUT2D eigenvalue weighted by Crippen LogP contribution is 2.45. The van der Waals surface area contributed by atoms with E-state index in [0.717, 1.165) is 15.6 Å². The maximum Gasteiger partial charge on any atom is 0.145 e. The zero-order chi connectivity index (χ0) is 14.7. The molecule has 0 spiro atoms. The largest absolute Gasteiger partial charge is 0.495 e. The van der Waals surface area contributed by atoms with E-state index in [9.17, 15) is 0 Å². The van der Waals surface area contributed by atoms with E-state index in [2.05, 4.69) is 31.9 Å². The van der Waals surface area contributed by atoms with Crippen molar-refractivity contribution >= 4 is 43.5 Å². The zero-order valence-corrected chi connectivity index (χ0v) is 14.9. The van der Waals surface area contributed by atoms with Gasteiger partial charge in [0, 0.05) is 10.0 Å². The molecule has 0 aliphatic carbocycles. The van der Waals surface area contributed by atoms with Crippen LogP contribution in [0.15, 0.2) is 40.9 Å². The first-order valence-electron chi connectivity index (χ1n) is 5.89. The Morgan fingerprint density at radius 3 is 2.30 bits per heavy atom. The molecule has 0 aromatic heterocycles. The Morgan fingerprint density at radius 2 is 1.70 bits per heavy atom. The van der Waals surface area contributed by atoms with E-state index in [0.29, 0.717) is 16.5 Å². The molecule has 2 aromatic carbocycles. The molecule has 1 unspecified atom stereocenters. The van der Waals surface area contributed by atoms with E-state index in [1.165, 1.54) is 0 Å². The highest BCUT2D eigenvalue weighted by atomic mass is 79.9. The van der Waals surface area contributed by atoms with Gasteiger partial charge in [-0.3, -0.25) is 0 Å². The molecule has 0 N–H and O–H groups in total. The Kier molecular flexibility index (Phi) is 5.35. The fourth-order valence-electron chi connectivity index (χ4n) is 1.97. The molecule has 0 aliphatic heterocycles. The minimum absolute atomic E-state index is 0.0311. The van der Waals surface area contributed by atoms with Crippen molar-refractivity contribution in [3.63, 3.8) is 0 Å². The van der Waals surface area contributed by atoms with Crippen LogP contribution in [0.3, 0.4) is 0 Å². The Balaban J connectivity index is 2.53. The number of rotatable bonds is 4. The van der Waals surface area contributed by atoms with E-state index in [1.54, 1.807) is 14.2 Å². The summed E-state index contributed by atoms with van der Waals surface area (Å²) in [6.07, 6.45) is 0. The molecular weight excluding hydrogens is 407 g/mol. The molecule has 0 saturated heterocycles. The Hall–Kier alpha value is -0.710. The monoisotopic (exact) mass is 418 g/mol. The normalized spacial score (nSPS) is 12.1. The number of halogens is 3. The molecule has 1 atom stereocenters. The lowest BCUT2D eigenvalue weighted by Gasteiger charge is -2.18.